The first-order valence-electron chi connectivity index (χ1n) is 9.34. The van der Waals surface area contributed by atoms with Crippen LogP contribution in [0.25, 0.3) is 10.8 Å². The van der Waals surface area contributed by atoms with E-state index in [9.17, 15) is 14.4 Å². The van der Waals surface area contributed by atoms with E-state index in [-0.39, 0.29) is 18.2 Å². The topological polar surface area (TPSA) is 75.7 Å². The minimum absolute atomic E-state index is 0.0671. The summed E-state index contributed by atoms with van der Waals surface area (Å²) in [6, 6.07) is 20.2. The summed E-state index contributed by atoms with van der Waals surface area (Å²) in [5.41, 5.74) is 1.80. The van der Waals surface area contributed by atoms with Crippen molar-refractivity contribution in [2.45, 2.75) is 6.42 Å². The largest absolute Gasteiger partial charge is 0.465 e. The molecule has 1 saturated heterocycles. The molecule has 0 spiro atoms. The minimum atomic E-state index is -0.443. The quantitative estimate of drug-likeness (QED) is 0.693. The Hall–Kier alpha value is -3.67. The van der Waals surface area contributed by atoms with E-state index < -0.39 is 11.9 Å². The molecular weight excluding hydrogens is 368 g/mol. The lowest BCUT2D eigenvalue weighted by Gasteiger charge is -2.19. The number of ether oxygens (including phenoxy) is 1. The van der Waals surface area contributed by atoms with Gasteiger partial charge in [-0.2, -0.15) is 0 Å². The number of nitrogens with one attached hydrogen (secondary N) is 1. The summed E-state index contributed by atoms with van der Waals surface area (Å²) < 4.78 is 4.67. The maximum atomic E-state index is 12.7. The first-order chi connectivity index (χ1) is 14.1. The van der Waals surface area contributed by atoms with Crippen LogP contribution in [0.5, 0.6) is 0 Å². The highest BCUT2D eigenvalue weighted by atomic mass is 16.5. The van der Waals surface area contributed by atoms with E-state index in [4.69, 9.17) is 0 Å². The second-order valence-electron chi connectivity index (χ2n) is 6.96. The van der Waals surface area contributed by atoms with Gasteiger partial charge >= 0.3 is 5.97 Å². The molecule has 0 radical (unpaired) electrons. The zero-order chi connectivity index (χ0) is 20.4. The average Bonchev–Trinajstić information content (AvgIpc) is 3.15. The first kappa shape index (κ1) is 18.7. The number of esters is 1. The number of hydrogen-bond acceptors (Lipinski definition) is 4. The number of nitrogens with zero attached hydrogens (tertiary/aromatic N) is 1. The summed E-state index contributed by atoms with van der Waals surface area (Å²) >= 11 is 0. The van der Waals surface area contributed by atoms with Gasteiger partial charge in [0.1, 0.15) is 0 Å². The number of rotatable bonds is 4. The van der Waals surface area contributed by atoms with Crippen LogP contribution >= 0.6 is 0 Å². The standard InChI is InChI=1S/C23H20N2O4/c1-29-23(28)16-9-11-18(12-10-16)24-22(27)17-13-21(26)25(14-17)20-8-4-6-15-5-2-3-7-19(15)20/h2-12,17H,13-14H2,1H3,(H,24,27). The van der Waals surface area contributed by atoms with Crippen molar-refractivity contribution < 1.29 is 19.1 Å². The van der Waals surface area contributed by atoms with Crippen molar-refractivity contribution >= 4 is 39.9 Å². The summed E-state index contributed by atoms with van der Waals surface area (Å²) in [6.07, 6.45) is 0.162. The number of fused-ring (bicyclic) bond motifs is 1. The molecule has 1 unspecified atom stereocenters. The van der Waals surface area contributed by atoms with Crippen molar-refractivity contribution in [3.8, 4) is 0 Å². The van der Waals surface area contributed by atoms with E-state index in [1.54, 1.807) is 29.2 Å². The SMILES string of the molecule is COC(=O)c1ccc(NC(=O)C2CC(=O)N(c3cccc4ccccc34)C2)cc1. The molecule has 6 nitrogen and oxygen atoms in total. The van der Waals surface area contributed by atoms with Crippen LogP contribution in [0, 0.1) is 5.92 Å². The summed E-state index contributed by atoms with van der Waals surface area (Å²) in [4.78, 5) is 38.5. The molecule has 2 amide bonds. The third-order valence-corrected chi connectivity index (χ3v) is 5.13. The van der Waals surface area contributed by atoms with E-state index in [1.165, 1.54) is 7.11 Å². The minimum Gasteiger partial charge on any atom is -0.465 e. The van der Waals surface area contributed by atoms with E-state index >= 15 is 0 Å². The molecular formula is C23H20N2O4. The average molecular weight is 388 g/mol. The van der Waals surface area contributed by atoms with Crippen molar-refractivity contribution in [2.24, 2.45) is 5.92 Å². The Morgan fingerprint density at radius 1 is 1.00 bits per heavy atom. The van der Waals surface area contributed by atoms with E-state index in [1.807, 2.05) is 42.5 Å². The van der Waals surface area contributed by atoms with Gasteiger partial charge in [0.25, 0.3) is 0 Å². The fourth-order valence-electron chi connectivity index (χ4n) is 3.61. The molecule has 146 valence electrons. The molecule has 1 N–H and O–H groups in total. The fraction of sp³-hybridized carbons (Fsp3) is 0.174. The Labute approximate surface area is 168 Å². The van der Waals surface area contributed by atoms with Crippen molar-refractivity contribution in [1.82, 2.24) is 0 Å². The second kappa shape index (κ2) is 7.75. The van der Waals surface area contributed by atoms with Crippen LogP contribution in [0.1, 0.15) is 16.8 Å². The van der Waals surface area contributed by atoms with Gasteiger partial charge in [-0.15, -0.1) is 0 Å². The van der Waals surface area contributed by atoms with Gasteiger partial charge in [-0.3, -0.25) is 9.59 Å². The molecule has 1 fully saturated rings. The predicted molar refractivity (Wildman–Crippen MR) is 111 cm³/mol. The molecule has 0 bridgehead atoms. The summed E-state index contributed by atoms with van der Waals surface area (Å²) in [6.45, 7) is 0.332. The van der Waals surface area contributed by atoms with Crippen LogP contribution in [0.2, 0.25) is 0 Å². The fourth-order valence-corrected chi connectivity index (χ4v) is 3.61. The number of anilines is 2. The van der Waals surface area contributed by atoms with Crippen LogP contribution in [-0.4, -0.2) is 31.4 Å². The van der Waals surface area contributed by atoms with Gasteiger partial charge in [-0.05, 0) is 35.7 Å². The lowest BCUT2D eigenvalue weighted by molar-refractivity contribution is -0.122. The second-order valence-corrected chi connectivity index (χ2v) is 6.96. The van der Waals surface area contributed by atoms with Crippen molar-refractivity contribution in [3.63, 3.8) is 0 Å². The number of carbonyl (C=O) groups excluding carboxylic acids is 3. The Bertz CT molecular complexity index is 1090. The zero-order valence-electron chi connectivity index (χ0n) is 15.9. The van der Waals surface area contributed by atoms with Gasteiger partial charge in [0.05, 0.1) is 24.3 Å². The summed E-state index contributed by atoms with van der Waals surface area (Å²) in [7, 11) is 1.32. The highest BCUT2D eigenvalue weighted by molar-refractivity contribution is 6.08. The van der Waals surface area contributed by atoms with Crippen molar-refractivity contribution in [2.75, 3.05) is 23.9 Å². The van der Waals surface area contributed by atoms with Crippen LogP contribution in [0.3, 0.4) is 0 Å². The van der Waals surface area contributed by atoms with E-state index in [0.29, 0.717) is 17.8 Å². The summed E-state index contributed by atoms with van der Waals surface area (Å²) in [5, 5.41) is 4.87. The Morgan fingerprint density at radius 2 is 1.72 bits per heavy atom. The van der Waals surface area contributed by atoms with Crippen LogP contribution in [0.15, 0.2) is 66.7 Å². The molecule has 0 saturated carbocycles. The molecule has 6 heteroatoms. The van der Waals surface area contributed by atoms with Gasteiger partial charge in [-0.1, -0.05) is 36.4 Å². The molecule has 3 aromatic carbocycles. The highest BCUT2D eigenvalue weighted by Gasteiger charge is 2.35. The van der Waals surface area contributed by atoms with Crippen LogP contribution in [-0.2, 0) is 14.3 Å². The number of amides is 2. The molecule has 29 heavy (non-hydrogen) atoms. The van der Waals surface area contributed by atoms with Gasteiger partial charge in [-0.25, -0.2) is 4.79 Å². The predicted octanol–water partition coefficient (Wildman–Crippen LogP) is 3.62. The Morgan fingerprint density at radius 3 is 2.48 bits per heavy atom. The smallest absolute Gasteiger partial charge is 0.337 e. The zero-order valence-corrected chi connectivity index (χ0v) is 15.9. The Balaban J connectivity index is 1.49. The molecule has 1 aliphatic heterocycles. The first-order valence-corrected chi connectivity index (χ1v) is 9.34. The molecule has 0 aliphatic carbocycles. The van der Waals surface area contributed by atoms with Crippen molar-refractivity contribution in [3.05, 3.63) is 72.3 Å². The molecule has 4 rings (SSSR count). The van der Waals surface area contributed by atoms with Gasteiger partial charge in [0, 0.05) is 24.0 Å². The molecule has 1 atom stereocenters. The lowest BCUT2D eigenvalue weighted by Crippen LogP contribution is -2.28. The molecule has 1 aliphatic rings. The number of carbonyl (C=O) groups is 3. The third kappa shape index (κ3) is 3.69. The highest BCUT2D eigenvalue weighted by Crippen LogP contribution is 2.32. The monoisotopic (exact) mass is 388 g/mol. The molecule has 1 heterocycles. The van der Waals surface area contributed by atoms with Crippen molar-refractivity contribution in [1.29, 1.82) is 0 Å². The maximum absolute atomic E-state index is 12.7. The van der Waals surface area contributed by atoms with E-state index in [2.05, 4.69) is 10.1 Å². The number of methoxy groups -OCH3 is 1. The van der Waals surface area contributed by atoms with E-state index in [0.717, 1.165) is 16.5 Å². The molecule has 0 aromatic heterocycles. The normalized spacial score (nSPS) is 16.1. The summed E-state index contributed by atoms with van der Waals surface area (Å²) in [5.74, 6) is -1.16. The lowest BCUT2D eigenvalue weighted by atomic mass is 10.1. The maximum Gasteiger partial charge on any atom is 0.337 e. The van der Waals surface area contributed by atoms with Gasteiger partial charge in [0.15, 0.2) is 0 Å². The molecule has 3 aromatic rings. The van der Waals surface area contributed by atoms with Crippen LogP contribution < -0.4 is 10.2 Å². The van der Waals surface area contributed by atoms with Gasteiger partial charge < -0.3 is 15.0 Å². The number of hydrogen-bond donors (Lipinski definition) is 1. The number of benzene rings is 3. The van der Waals surface area contributed by atoms with Crippen LogP contribution in [0.4, 0.5) is 11.4 Å². The third-order valence-electron chi connectivity index (χ3n) is 5.13. The Kier molecular flexibility index (Phi) is 4.99. The van der Waals surface area contributed by atoms with Gasteiger partial charge in [0.2, 0.25) is 11.8 Å².